The molecule has 1 rings (SSSR count). The molecule has 0 saturated carbocycles. The fraction of sp³-hybridized carbons (Fsp3) is 0.889. The molecule has 2 nitrogen and oxygen atoms in total. The van der Waals surface area contributed by atoms with Gasteiger partial charge in [0.15, 0.2) is 0 Å². The normalized spacial score (nSPS) is 35.4. The molecule has 0 amide bonds. The quantitative estimate of drug-likeness (QED) is 0.708. The lowest BCUT2D eigenvalue weighted by atomic mass is 9.89. The molecule has 2 atom stereocenters. The molecule has 0 aromatic carbocycles. The lowest BCUT2D eigenvalue weighted by Crippen LogP contribution is -2.51. The maximum Gasteiger partial charge on any atom is 0.119 e. The van der Waals surface area contributed by atoms with Crippen molar-refractivity contribution in [3.05, 3.63) is 0 Å². The number of hydrogen-bond acceptors (Lipinski definition) is 3. The number of nitrogens with zero attached hydrogens (tertiary/aromatic N) is 1. The summed E-state index contributed by atoms with van der Waals surface area (Å²) in [4.78, 5) is 0. The summed E-state index contributed by atoms with van der Waals surface area (Å²) in [6, 6.07) is 2.82. The second-order valence-corrected chi connectivity index (χ2v) is 4.83. The Morgan fingerprint density at radius 3 is 2.67 bits per heavy atom. The van der Waals surface area contributed by atoms with Gasteiger partial charge in [-0.15, -0.1) is 0 Å². The summed E-state index contributed by atoms with van der Waals surface area (Å²) in [7, 11) is 0. The van der Waals surface area contributed by atoms with Gasteiger partial charge in [0.1, 0.15) is 5.54 Å². The van der Waals surface area contributed by atoms with Gasteiger partial charge in [0.05, 0.1) is 6.07 Å². The minimum atomic E-state index is -0.265. The van der Waals surface area contributed by atoms with Gasteiger partial charge in [0.2, 0.25) is 0 Å². The zero-order valence-corrected chi connectivity index (χ0v) is 8.74. The van der Waals surface area contributed by atoms with E-state index in [2.05, 4.69) is 32.2 Å². The molecule has 1 N–H and O–H groups in total. The summed E-state index contributed by atoms with van der Waals surface area (Å²) in [5.41, 5.74) is -0.265. The fourth-order valence-corrected chi connectivity index (χ4v) is 3.07. The Labute approximate surface area is 78.7 Å². The Balaban J connectivity index is 2.69. The molecule has 2 unspecified atom stereocenters. The minimum Gasteiger partial charge on any atom is -0.296 e. The molecule has 0 bridgehead atoms. The van der Waals surface area contributed by atoms with E-state index in [4.69, 9.17) is 5.26 Å². The van der Waals surface area contributed by atoms with E-state index in [1.165, 1.54) is 0 Å². The fourth-order valence-electron chi connectivity index (χ4n) is 1.56. The van der Waals surface area contributed by atoms with Crippen molar-refractivity contribution in [2.24, 2.45) is 5.92 Å². The largest absolute Gasteiger partial charge is 0.296 e. The van der Waals surface area contributed by atoms with E-state index in [1.807, 2.05) is 11.8 Å². The number of thioether (sulfide) groups is 1. The predicted molar refractivity (Wildman–Crippen MR) is 53.1 cm³/mol. The third kappa shape index (κ3) is 1.75. The summed E-state index contributed by atoms with van der Waals surface area (Å²) >= 11 is 1.87. The van der Waals surface area contributed by atoms with E-state index >= 15 is 0 Å². The highest BCUT2D eigenvalue weighted by Gasteiger charge is 2.41. The Kier molecular flexibility index (Phi) is 3.03. The van der Waals surface area contributed by atoms with E-state index in [9.17, 15) is 0 Å². The van der Waals surface area contributed by atoms with Gasteiger partial charge in [-0.25, -0.2) is 0 Å². The molecular weight excluding hydrogens is 168 g/mol. The van der Waals surface area contributed by atoms with Crippen molar-refractivity contribution >= 4 is 11.8 Å². The standard InChI is InChI=1S/C9H16N2S/c1-7(2)11-9(5-10)6-12-4-8(9)3/h7-8,11H,4,6H2,1-3H3. The summed E-state index contributed by atoms with van der Waals surface area (Å²) < 4.78 is 0. The van der Waals surface area contributed by atoms with Crippen LogP contribution < -0.4 is 5.32 Å². The highest BCUT2D eigenvalue weighted by Crippen LogP contribution is 2.33. The second-order valence-electron chi connectivity index (χ2n) is 3.80. The molecule has 1 heterocycles. The summed E-state index contributed by atoms with van der Waals surface area (Å²) in [6.07, 6.45) is 0. The predicted octanol–water partition coefficient (Wildman–Crippen LogP) is 1.63. The first kappa shape index (κ1) is 9.88. The number of rotatable bonds is 2. The van der Waals surface area contributed by atoms with Gasteiger partial charge in [-0.2, -0.15) is 17.0 Å². The first-order chi connectivity index (χ1) is 5.60. The van der Waals surface area contributed by atoms with E-state index in [0.717, 1.165) is 11.5 Å². The molecule has 0 radical (unpaired) electrons. The maximum absolute atomic E-state index is 9.11. The zero-order valence-electron chi connectivity index (χ0n) is 7.92. The molecule has 3 heteroatoms. The van der Waals surface area contributed by atoms with Gasteiger partial charge < -0.3 is 0 Å². The molecule has 0 aromatic rings. The van der Waals surface area contributed by atoms with Crippen molar-refractivity contribution in [3.63, 3.8) is 0 Å². The van der Waals surface area contributed by atoms with Crippen molar-refractivity contribution in [2.45, 2.75) is 32.4 Å². The Bertz CT molecular complexity index is 197. The van der Waals surface area contributed by atoms with Crippen molar-refractivity contribution in [2.75, 3.05) is 11.5 Å². The zero-order chi connectivity index (χ0) is 9.19. The highest BCUT2D eigenvalue weighted by molar-refractivity contribution is 7.99. The van der Waals surface area contributed by atoms with Crippen LogP contribution in [0.5, 0.6) is 0 Å². The van der Waals surface area contributed by atoms with Crippen LogP contribution in [0, 0.1) is 17.2 Å². The molecule has 0 aliphatic carbocycles. The number of hydrogen-bond donors (Lipinski definition) is 1. The lowest BCUT2D eigenvalue weighted by Gasteiger charge is -2.28. The van der Waals surface area contributed by atoms with Crippen LogP contribution >= 0.6 is 11.8 Å². The average molecular weight is 184 g/mol. The third-order valence-corrected chi connectivity index (χ3v) is 3.68. The SMILES string of the molecule is CC(C)NC1(C#N)CSCC1C. The van der Waals surface area contributed by atoms with E-state index in [1.54, 1.807) is 0 Å². The minimum absolute atomic E-state index is 0.265. The van der Waals surface area contributed by atoms with Crippen molar-refractivity contribution in [1.29, 1.82) is 5.26 Å². The summed E-state index contributed by atoms with van der Waals surface area (Å²) in [5, 5.41) is 12.5. The third-order valence-electron chi connectivity index (χ3n) is 2.28. The first-order valence-corrected chi connectivity index (χ1v) is 5.53. The Hall–Kier alpha value is -0.200. The molecule has 0 aromatic heterocycles. The van der Waals surface area contributed by atoms with Gasteiger partial charge in [0, 0.05) is 11.8 Å². The monoisotopic (exact) mass is 184 g/mol. The van der Waals surface area contributed by atoms with Crippen molar-refractivity contribution in [3.8, 4) is 6.07 Å². The second kappa shape index (κ2) is 3.68. The summed E-state index contributed by atoms with van der Waals surface area (Å²) in [5.74, 6) is 2.51. The summed E-state index contributed by atoms with van der Waals surface area (Å²) in [6.45, 7) is 6.34. The van der Waals surface area contributed by atoms with Crippen LogP contribution in [0.2, 0.25) is 0 Å². The molecule has 0 spiro atoms. The molecular formula is C9H16N2S. The number of nitrogens with one attached hydrogen (secondary N) is 1. The first-order valence-electron chi connectivity index (χ1n) is 4.37. The van der Waals surface area contributed by atoms with Crippen LogP contribution in [0.15, 0.2) is 0 Å². The Morgan fingerprint density at radius 1 is 1.67 bits per heavy atom. The molecule has 1 fully saturated rings. The van der Waals surface area contributed by atoms with Crippen LogP contribution in [0.25, 0.3) is 0 Å². The molecule has 1 aliphatic heterocycles. The molecule has 1 aliphatic rings. The van der Waals surface area contributed by atoms with E-state index in [-0.39, 0.29) is 5.54 Å². The topological polar surface area (TPSA) is 35.8 Å². The van der Waals surface area contributed by atoms with Gasteiger partial charge >= 0.3 is 0 Å². The highest BCUT2D eigenvalue weighted by atomic mass is 32.2. The van der Waals surface area contributed by atoms with Gasteiger partial charge in [-0.05, 0) is 25.5 Å². The average Bonchev–Trinajstić information content (AvgIpc) is 2.32. The molecule has 68 valence electrons. The van der Waals surface area contributed by atoms with Crippen LogP contribution in [0.3, 0.4) is 0 Å². The van der Waals surface area contributed by atoms with Crippen LogP contribution in [-0.4, -0.2) is 23.1 Å². The Morgan fingerprint density at radius 2 is 2.33 bits per heavy atom. The lowest BCUT2D eigenvalue weighted by molar-refractivity contribution is 0.336. The molecule has 12 heavy (non-hydrogen) atoms. The van der Waals surface area contributed by atoms with Crippen LogP contribution in [0.1, 0.15) is 20.8 Å². The van der Waals surface area contributed by atoms with Crippen LogP contribution in [-0.2, 0) is 0 Å². The maximum atomic E-state index is 9.11. The van der Waals surface area contributed by atoms with Gasteiger partial charge in [0.25, 0.3) is 0 Å². The van der Waals surface area contributed by atoms with E-state index in [0.29, 0.717) is 12.0 Å². The smallest absolute Gasteiger partial charge is 0.119 e. The van der Waals surface area contributed by atoms with Crippen LogP contribution in [0.4, 0.5) is 0 Å². The van der Waals surface area contributed by atoms with E-state index < -0.39 is 0 Å². The van der Waals surface area contributed by atoms with Gasteiger partial charge in [-0.1, -0.05) is 6.92 Å². The molecule has 1 saturated heterocycles. The van der Waals surface area contributed by atoms with Crippen molar-refractivity contribution < 1.29 is 0 Å². The number of nitriles is 1. The van der Waals surface area contributed by atoms with Gasteiger partial charge in [-0.3, -0.25) is 5.32 Å². The van der Waals surface area contributed by atoms with Crippen molar-refractivity contribution in [1.82, 2.24) is 5.32 Å².